The van der Waals surface area contributed by atoms with E-state index in [-0.39, 0.29) is 24.3 Å². The van der Waals surface area contributed by atoms with Gasteiger partial charge in [-0.15, -0.1) is 0 Å². The summed E-state index contributed by atoms with van der Waals surface area (Å²) in [7, 11) is 0. The standard InChI is InChI=1S/C17H23N3O4/c18-17(22)12-3-1-6-20(10-12)11-16(21)19-13-4-5-14-15(9-13)24-8-2-7-23-14/h4-5,9,12H,1-3,6-8,10-11H2,(H2,18,22)(H,19,21)/t12-/m0/s1. The summed E-state index contributed by atoms with van der Waals surface area (Å²) >= 11 is 0. The minimum atomic E-state index is -0.289. The normalized spacial score (nSPS) is 20.9. The Hall–Kier alpha value is -2.28. The fourth-order valence-electron chi connectivity index (χ4n) is 3.08. The van der Waals surface area contributed by atoms with Crippen LogP contribution in [0.3, 0.4) is 0 Å². The zero-order chi connectivity index (χ0) is 16.9. The molecule has 1 atom stereocenters. The number of carbonyl (C=O) groups is 2. The lowest BCUT2D eigenvalue weighted by molar-refractivity contribution is -0.125. The van der Waals surface area contributed by atoms with Crippen molar-refractivity contribution in [2.75, 3.05) is 38.2 Å². The van der Waals surface area contributed by atoms with Gasteiger partial charge in [0.05, 0.1) is 25.7 Å². The number of anilines is 1. The molecule has 0 bridgehead atoms. The van der Waals surface area contributed by atoms with E-state index in [1.54, 1.807) is 18.2 Å². The number of rotatable bonds is 4. The molecule has 7 nitrogen and oxygen atoms in total. The van der Waals surface area contributed by atoms with Crippen molar-refractivity contribution in [1.82, 2.24) is 4.90 Å². The van der Waals surface area contributed by atoms with Gasteiger partial charge in [0.25, 0.3) is 0 Å². The predicted molar refractivity (Wildman–Crippen MR) is 89.0 cm³/mol. The topological polar surface area (TPSA) is 93.9 Å². The van der Waals surface area contributed by atoms with Gasteiger partial charge in [-0.25, -0.2) is 0 Å². The average molecular weight is 333 g/mol. The Bertz CT molecular complexity index is 620. The third-order valence-corrected chi connectivity index (χ3v) is 4.31. The molecule has 1 aromatic carbocycles. The van der Waals surface area contributed by atoms with Crippen molar-refractivity contribution < 1.29 is 19.1 Å². The van der Waals surface area contributed by atoms with Crippen LogP contribution in [0.5, 0.6) is 11.5 Å². The largest absolute Gasteiger partial charge is 0.490 e. The summed E-state index contributed by atoms with van der Waals surface area (Å²) in [6.45, 7) is 2.84. The highest BCUT2D eigenvalue weighted by molar-refractivity contribution is 5.92. The maximum Gasteiger partial charge on any atom is 0.238 e. The number of nitrogens with two attached hydrogens (primary N) is 1. The molecule has 3 N–H and O–H groups in total. The van der Waals surface area contributed by atoms with E-state index < -0.39 is 0 Å². The molecule has 130 valence electrons. The minimum absolute atomic E-state index is 0.116. The van der Waals surface area contributed by atoms with Crippen LogP contribution in [0.25, 0.3) is 0 Å². The average Bonchev–Trinajstić information content (AvgIpc) is 2.79. The van der Waals surface area contributed by atoms with Gasteiger partial charge < -0.3 is 20.5 Å². The number of hydrogen-bond acceptors (Lipinski definition) is 5. The van der Waals surface area contributed by atoms with Crippen LogP contribution in [0.1, 0.15) is 19.3 Å². The molecule has 0 unspecified atom stereocenters. The van der Waals surface area contributed by atoms with Crippen molar-refractivity contribution >= 4 is 17.5 Å². The number of likely N-dealkylation sites (tertiary alicyclic amines) is 1. The molecule has 2 heterocycles. The Morgan fingerprint density at radius 3 is 2.79 bits per heavy atom. The van der Waals surface area contributed by atoms with Gasteiger partial charge in [-0.2, -0.15) is 0 Å². The lowest BCUT2D eigenvalue weighted by atomic mass is 9.97. The van der Waals surface area contributed by atoms with Gasteiger partial charge in [-0.05, 0) is 31.5 Å². The molecule has 2 aliphatic rings. The van der Waals surface area contributed by atoms with Gasteiger partial charge in [0.15, 0.2) is 11.5 Å². The van der Waals surface area contributed by atoms with Gasteiger partial charge in [-0.3, -0.25) is 14.5 Å². The summed E-state index contributed by atoms with van der Waals surface area (Å²) in [5.74, 6) is 0.783. The second-order valence-electron chi connectivity index (χ2n) is 6.24. The van der Waals surface area contributed by atoms with Crippen molar-refractivity contribution in [1.29, 1.82) is 0 Å². The number of nitrogens with zero attached hydrogens (tertiary/aromatic N) is 1. The first kappa shape index (κ1) is 16.6. The van der Waals surface area contributed by atoms with Crippen LogP contribution in [0.2, 0.25) is 0 Å². The summed E-state index contributed by atoms with van der Waals surface area (Å²) in [4.78, 5) is 25.5. The quantitative estimate of drug-likeness (QED) is 0.857. The molecule has 24 heavy (non-hydrogen) atoms. The molecule has 2 aliphatic heterocycles. The van der Waals surface area contributed by atoms with E-state index >= 15 is 0 Å². The lowest BCUT2D eigenvalue weighted by Gasteiger charge is -2.30. The fraction of sp³-hybridized carbons (Fsp3) is 0.529. The highest BCUT2D eigenvalue weighted by Gasteiger charge is 2.25. The van der Waals surface area contributed by atoms with Gasteiger partial charge in [0.2, 0.25) is 11.8 Å². The third-order valence-electron chi connectivity index (χ3n) is 4.31. The SMILES string of the molecule is NC(=O)[C@H]1CCCN(CC(=O)Nc2ccc3c(c2)OCCCO3)C1. The van der Waals surface area contributed by atoms with Crippen molar-refractivity contribution in [2.24, 2.45) is 11.7 Å². The number of fused-ring (bicyclic) bond motifs is 1. The number of ether oxygens (including phenoxy) is 2. The summed E-state index contributed by atoms with van der Waals surface area (Å²) in [5, 5.41) is 2.87. The van der Waals surface area contributed by atoms with E-state index in [4.69, 9.17) is 15.2 Å². The number of carbonyl (C=O) groups excluding carboxylic acids is 2. The Kier molecular flexibility index (Phi) is 5.20. The lowest BCUT2D eigenvalue weighted by Crippen LogP contribution is -2.44. The predicted octanol–water partition coefficient (Wildman–Crippen LogP) is 0.984. The fourth-order valence-corrected chi connectivity index (χ4v) is 3.08. The van der Waals surface area contributed by atoms with Crippen LogP contribution in [-0.2, 0) is 9.59 Å². The van der Waals surface area contributed by atoms with E-state index in [2.05, 4.69) is 5.32 Å². The second kappa shape index (κ2) is 7.53. The van der Waals surface area contributed by atoms with Crippen LogP contribution in [0.4, 0.5) is 5.69 Å². The molecule has 7 heteroatoms. The molecular weight excluding hydrogens is 310 g/mol. The Morgan fingerprint density at radius 1 is 1.21 bits per heavy atom. The zero-order valence-corrected chi connectivity index (χ0v) is 13.6. The molecule has 1 aromatic rings. The third kappa shape index (κ3) is 4.17. The molecule has 1 fully saturated rings. The smallest absolute Gasteiger partial charge is 0.238 e. The summed E-state index contributed by atoms with van der Waals surface area (Å²) in [6.07, 6.45) is 2.52. The first-order valence-corrected chi connectivity index (χ1v) is 8.33. The van der Waals surface area contributed by atoms with Crippen molar-refractivity contribution in [3.63, 3.8) is 0 Å². The Labute approximate surface area is 141 Å². The maximum atomic E-state index is 12.3. The summed E-state index contributed by atoms with van der Waals surface area (Å²) in [6, 6.07) is 5.38. The minimum Gasteiger partial charge on any atom is -0.490 e. The molecule has 0 spiro atoms. The van der Waals surface area contributed by atoms with Crippen LogP contribution in [0.15, 0.2) is 18.2 Å². The first-order valence-electron chi connectivity index (χ1n) is 8.33. The molecular formula is C17H23N3O4. The molecule has 0 saturated carbocycles. The number of piperidine rings is 1. The van der Waals surface area contributed by atoms with Crippen molar-refractivity contribution in [3.8, 4) is 11.5 Å². The van der Waals surface area contributed by atoms with E-state index in [1.807, 2.05) is 4.90 Å². The van der Waals surface area contributed by atoms with Gasteiger partial charge >= 0.3 is 0 Å². The van der Waals surface area contributed by atoms with E-state index in [1.165, 1.54) is 0 Å². The number of benzene rings is 1. The number of nitrogens with one attached hydrogen (secondary N) is 1. The maximum absolute atomic E-state index is 12.3. The van der Waals surface area contributed by atoms with Crippen LogP contribution in [0, 0.1) is 5.92 Å². The highest BCUT2D eigenvalue weighted by atomic mass is 16.5. The van der Waals surface area contributed by atoms with E-state index in [0.29, 0.717) is 36.9 Å². The molecule has 1 saturated heterocycles. The number of amides is 2. The van der Waals surface area contributed by atoms with Crippen LogP contribution < -0.4 is 20.5 Å². The van der Waals surface area contributed by atoms with Gasteiger partial charge in [0.1, 0.15) is 0 Å². The van der Waals surface area contributed by atoms with Gasteiger partial charge in [0, 0.05) is 24.7 Å². The summed E-state index contributed by atoms with van der Waals surface area (Å²) in [5.41, 5.74) is 6.04. The van der Waals surface area contributed by atoms with Crippen molar-refractivity contribution in [3.05, 3.63) is 18.2 Å². The van der Waals surface area contributed by atoms with E-state index in [9.17, 15) is 9.59 Å². The number of hydrogen-bond donors (Lipinski definition) is 2. The Morgan fingerprint density at radius 2 is 2.00 bits per heavy atom. The molecule has 0 aromatic heterocycles. The monoisotopic (exact) mass is 333 g/mol. The van der Waals surface area contributed by atoms with Crippen molar-refractivity contribution in [2.45, 2.75) is 19.3 Å². The highest BCUT2D eigenvalue weighted by Crippen LogP contribution is 2.32. The molecule has 2 amide bonds. The van der Waals surface area contributed by atoms with Crippen LogP contribution in [-0.4, -0.2) is 49.6 Å². The molecule has 3 rings (SSSR count). The second-order valence-corrected chi connectivity index (χ2v) is 6.24. The zero-order valence-electron chi connectivity index (χ0n) is 13.6. The van der Waals surface area contributed by atoms with Gasteiger partial charge in [-0.1, -0.05) is 0 Å². The van der Waals surface area contributed by atoms with Crippen LogP contribution >= 0.6 is 0 Å². The molecule has 0 aliphatic carbocycles. The Balaban J connectivity index is 1.57. The van der Waals surface area contributed by atoms with E-state index in [0.717, 1.165) is 25.8 Å². The summed E-state index contributed by atoms with van der Waals surface area (Å²) < 4.78 is 11.2. The first-order chi connectivity index (χ1) is 11.6. The molecule has 0 radical (unpaired) electrons. The number of primary amides is 1.